The first-order valence-electron chi connectivity index (χ1n) is 12.5. The second-order valence-corrected chi connectivity index (χ2v) is 8.97. The van der Waals surface area contributed by atoms with Crippen LogP contribution in [0.5, 0.6) is 5.75 Å². The van der Waals surface area contributed by atoms with E-state index in [4.69, 9.17) is 4.74 Å². The van der Waals surface area contributed by atoms with Gasteiger partial charge in [-0.1, -0.05) is 61.0 Å². The number of carbonyl (C=O) groups is 2. The molecule has 0 aromatic heterocycles. The maximum Gasteiger partial charge on any atom is 0.243 e. The van der Waals surface area contributed by atoms with E-state index in [1.807, 2.05) is 61.5 Å². The van der Waals surface area contributed by atoms with Crippen molar-refractivity contribution >= 4 is 11.8 Å². The van der Waals surface area contributed by atoms with Gasteiger partial charge in [0.15, 0.2) is 0 Å². The van der Waals surface area contributed by atoms with Gasteiger partial charge < -0.3 is 15.0 Å². The van der Waals surface area contributed by atoms with E-state index >= 15 is 0 Å². The number of nitrogens with one attached hydrogen (secondary N) is 1. The number of amides is 2. The predicted octanol–water partition coefficient (Wildman–Crippen LogP) is 5.44. The number of rotatable bonds is 12. The van der Waals surface area contributed by atoms with Crippen molar-refractivity contribution in [2.75, 3.05) is 13.7 Å². The standard InChI is InChI=1S/C29H38N2O3/c1-3-10-28(32)31(22-25-15-17-26(34-2)18-16-25)27(21-24-13-8-5-9-14-24)29(33)30-20-19-23-11-6-4-7-12-23/h5,8-9,11,13-18,27H,3-4,6-7,10,12,19-22H2,1-2H3,(H,30,33). The summed E-state index contributed by atoms with van der Waals surface area (Å²) < 4.78 is 5.27. The van der Waals surface area contributed by atoms with E-state index in [0.717, 1.165) is 42.6 Å². The van der Waals surface area contributed by atoms with Crippen molar-refractivity contribution in [3.8, 4) is 5.75 Å². The highest BCUT2D eigenvalue weighted by Crippen LogP contribution is 2.21. The third-order valence-electron chi connectivity index (χ3n) is 6.38. The van der Waals surface area contributed by atoms with Crippen LogP contribution in [-0.2, 0) is 22.6 Å². The predicted molar refractivity (Wildman–Crippen MR) is 137 cm³/mol. The maximum atomic E-state index is 13.5. The maximum absolute atomic E-state index is 13.5. The van der Waals surface area contributed by atoms with E-state index in [-0.39, 0.29) is 11.8 Å². The molecule has 0 aliphatic heterocycles. The van der Waals surface area contributed by atoms with Crippen LogP contribution in [0, 0.1) is 0 Å². The normalized spacial score (nSPS) is 14.1. The van der Waals surface area contributed by atoms with Crippen LogP contribution < -0.4 is 10.1 Å². The number of carbonyl (C=O) groups excluding carboxylic acids is 2. The summed E-state index contributed by atoms with van der Waals surface area (Å²) in [6.07, 6.45) is 9.60. The summed E-state index contributed by atoms with van der Waals surface area (Å²) in [6, 6.07) is 17.1. The Balaban J connectivity index is 1.79. The van der Waals surface area contributed by atoms with Gasteiger partial charge in [0.05, 0.1) is 7.11 Å². The van der Waals surface area contributed by atoms with E-state index < -0.39 is 6.04 Å². The first kappa shape index (κ1) is 25.5. The summed E-state index contributed by atoms with van der Waals surface area (Å²) in [4.78, 5) is 28.5. The van der Waals surface area contributed by atoms with Gasteiger partial charge in [-0.15, -0.1) is 0 Å². The molecule has 1 aliphatic carbocycles. The third kappa shape index (κ3) is 7.75. The number of hydrogen-bond acceptors (Lipinski definition) is 3. The quantitative estimate of drug-likeness (QED) is 0.427. The molecule has 5 nitrogen and oxygen atoms in total. The number of benzene rings is 2. The molecule has 0 bridgehead atoms. The molecule has 1 aliphatic rings. The fourth-order valence-corrected chi connectivity index (χ4v) is 4.43. The van der Waals surface area contributed by atoms with Crippen LogP contribution in [0.25, 0.3) is 0 Å². The first-order chi connectivity index (χ1) is 16.6. The molecule has 182 valence electrons. The van der Waals surface area contributed by atoms with Crippen molar-refractivity contribution < 1.29 is 14.3 Å². The van der Waals surface area contributed by atoms with E-state index in [1.54, 1.807) is 12.0 Å². The zero-order chi connectivity index (χ0) is 24.2. The van der Waals surface area contributed by atoms with Crippen molar-refractivity contribution in [3.63, 3.8) is 0 Å². The highest BCUT2D eigenvalue weighted by Gasteiger charge is 2.29. The van der Waals surface area contributed by atoms with Crippen LogP contribution in [0.1, 0.15) is 63.0 Å². The van der Waals surface area contributed by atoms with Crippen molar-refractivity contribution in [3.05, 3.63) is 77.4 Å². The van der Waals surface area contributed by atoms with Crippen molar-refractivity contribution in [2.24, 2.45) is 0 Å². The summed E-state index contributed by atoms with van der Waals surface area (Å²) in [5, 5.41) is 3.14. The number of methoxy groups -OCH3 is 1. The summed E-state index contributed by atoms with van der Waals surface area (Å²) >= 11 is 0. The van der Waals surface area contributed by atoms with Gasteiger partial charge in [0.1, 0.15) is 11.8 Å². The minimum atomic E-state index is -0.566. The van der Waals surface area contributed by atoms with Crippen LogP contribution in [0.4, 0.5) is 0 Å². The number of hydrogen-bond donors (Lipinski definition) is 1. The lowest BCUT2D eigenvalue weighted by atomic mass is 9.97. The number of ether oxygens (including phenoxy) is 1. The number of nitrogens with zero attached hydrogens (tertiary/aromatic N) is 1. The lowest BCUT2D eigenvalue weighted by Gasteiger charge is -2.31. The van der Waals surface area contributed by atoms with Gasteiger partial charge in [0.2, 0.25) is 11.8 Å². The fraction of sp³-hybridized carbons (Fsp3) is 0.448. The molecule has 2 aromatic rings. The average Bonchev–Trinajstić information content (AvgIpc) is 2.88. The Bertz CT molecular complexity index is 938. The minimum absolute atomic E-state index is 0.00406. The second kappa shape index (κ2) is 13.6. The molecule has 0 heterocycles. The minimum Gasteiger partial charge on any atom is -0.497 e. The average molecular weight is 463 g/mol. The smallest absolute Gasteiger partial charge is 0.243 e. The van der Waals surface area contributed by atoms with E-state index in [9.17, 15) is 9.59 Å². The van der Waals surface area contributed by atoms with Gasteiger partial charge in [-0.25, -0.2) is 0 Å². The monoisotopic (exact) mass is 462 g/mol. The molecule has 2 amide bonds. The lowest BCUT2D eigenvalue weighted by molar-refractivity contribution is -0.141. The Hall–Kier alpha value is -3.08. The molecule has 0 saturated carbocycles. The Kier molecular flexibility index (Phi) is 10.2. The van der Waals surface area contributed by atoms with Crippen LogP contribution in [-0.4, -0.2) is 36.4 Å². The Morgan fingerprint density at radius 3 is 2.44 bits per heavy atom. The molecule has 1 N–H and O–H groups in total. The molecule has 3 rings (SSSR count). The molecule has 5 heteroatoms. The third-order valence-corrected chi connectivity index (χ3v) is 6.38. The van der Waals surface area contributed by atoms with Gasteiger partial charge >= 0.3 is 0 Å². The molecule has 0 saturated heterocycles. The van der Waals surface area contributed by atoms with Gasteiger partial charge in [-0.05, 0) is 61.8 Å². The Labute approximate surface area is 204 Å². The van der Waals surface area contributed by atoms with Gasteiger partial charge in [-0.2, -0.15) is 0 Å². The largest absolute Gasteiger partial charge is 0.497 e. The molecule has 34 heavy (non-hydrogen) atoms. The van der Waals surface area contributed by atoms with Gasteiger partial charge in [0.25, 0.3) is 0 Å². The lowest BCUT2D eigenvalue weighted by Crippen LogP contribution is -2.50. The van der Waals surface area contributed by atoms with Crippen molar-refractivity contribution in [1.82, 2.24) is 10.2 Å². The first-order valence-corrected chi connectivity index (χ1v) is 12.5. The SMILES string of the molecule is CCCC(=O)N(Cc1ccc(OC)cc1)C(Cc1ccccc1)C(=O)NCCC1=CCCCC1. The van der Waals surface area contributed by atoms with E-state index in [0.29, 0.717) is 25.9 Å². The molecular weight excluding hydrogens is 424 g/mol. The number of allylic oxidation sites excluding steroid dienone is 1. The highest BCUT2D eigenvalue weighted by molar-refractivity contribution is 5.88. The zero-order valence-corrected chi connectivity index (χ0v) is 20.6. The molecule has 0 spiro atoms. The summed E-state index contributed by atoms with van der Waals surface area (Å²) in [7, 11) is 1.63. The Morgan fingerprint density at radius 1 is 1.03 bits per heavy atom. The van der Waals surface area contributed by atoms with Crippen LogP contribution in [0.2, 0.25) is 0 Å². The van der Waals surface area contributed by atoms with Crippen molar-refractivity contribution in [2.45, 2.75) is 70.9 Å². The molecule has 0 radical (unpaired) electrons. The van der Waals surface area contributed by atoms with Gasteiger partial charge in [-0.3, -0.25) is 9.59 Å². The van der Waals surface area contributed by atoms with Crippen LogP contribution in [0.3, 0.4) is 0 Å². The zero-order valence-electron chi connectivity index (χ0n) is 20.6. The van der Waals surface area contributed by atoms with E-state index in [2.05, 4.69) is 11.4 Å². The fourth-order valence-electron chi connectivity index (χ4n) is 4.43. The highest BCUT2D eigenvalue weighted by atomic mass is 16.5. The summed E-state index contributed by atoms with van der Waals surface area (Å²) in [5.41, 5.74) is 3.45. The van der Waals surface area contributed by atoms with E-state index in [1.165, 1.54) is 18.4 Å². The van der Waals surface area contributed by atoms with Crippen LogP contribution in [0.15, 0.2) is 66.2 Å². The van der Waals surface area contributed by atoms with Crippen LogP contribution >= 0.6 is 0 Å². The van der Waals surface area contributed by atoms with Gasteiger partial charge in [0, 0.05) is 25.9 Å². The molecular formula is C29H38N2O3. The summed E-state index contributed by atoms with van der Waals surface area (Å²) in [6.45, 7) is 2.99. The molecule has 1 unspecified atom stereocenters. The topological polar surface area (TPSA) is 58.6 Å². The van der Waals surface area contributed by atoms with Crippen molar-refractivity contribution in [1.29, 1.82) is 0 Å². The Morgan fingerprint density at radius 2 is 1.79 bits per heavy atom. The molecule has 1 atom stereocenters. The molecule has 2 aromatic carbocycles. The summed E-state index contributed by atoms with van der Waals surface area (Å²) in [5.74, 6) is 0.688. The second-order valence-electron chi connectivity index (χ2n) is 8.97. The molecule has 0 fully saturated rings.